The first kappa shape index (κ1) is 19.5. The maximum atomic E-state index is 13.3. The van der Waals surface area contributed by atoms with E-state index in [0.29, 0.717) is 22.0 Å². The van der Waals surface area contributed by atoms with E-state index in [1.54, 1.807) is 29.6 Å². The molecular weight excluding hydrogens is 392 g/mol. The van der Waals surface area contributed by atoms with Gasteiger partial charge in [0, 0.05) is 37.1 Å². The van der Waals surface area contributed by atoms with Crippen LogP contribution < -0.4 is 11.2 Å². The highest BCUT2D eigenvalue weighted by atomic mass is 35.5. The molecule has 9 heteroatoms. The largest absolute Gasteiger partial charge is 0.332 e. The van der Waals surface area contributed by atoms with E-state index in [0.717, 1.165) is 24.3 Å². The Bertz CT molecular complexity index is 1340. The number of imidazole rings is 2. The van der Waals surface area contributed by atoms with Crippen molar-refractivity contribution in [3.05, 3.63) is 67.6 Å². The lowest BCUT2D eigenvalue weighted by atomic mass is 10.2. The number of aryl methyl sites for hydroxylation is 2. The first-order valence-electron chi connectivity index (χ1n) is 9.35. The molecule has 0 fully saturated rings. The second kappa shape index (κ2) is 7.20. The van der Waals surface area contributed by atoms with Gasteiger partial charge >= 0.3 is 5.69 Å². The van der Waals surface area contributed by atoms with Crippen molar-refractivity contribution in [2.45, 2.75) is 20.0 Å². The molecule has 4 aromatic rings. The van der Waals surface area contributed by atoms with Crippen molar-refractivity contribution in [2.75, 3.05) is 20.6 Å². The van der Waals surface area contributed by atoms with Gasteiger partial charge in [-0.1, -0.05) is 23.7 Å². The first-order valence-corrected chi connectivity index (χ1v) is 9.72. The van der Waals surface area contributed by atoms with Gasteiger partial charge in [-0.05, 0) is 38.7 Å². The van der Waals surface area contributed by atoms with Crippen LogP contribution in [-0.4, -0.2) is 48.6 Å². The van der Waals surface area contributed by atoms with Crippen LogP contribution in [0.3, 0.4) is 0 Å². The SMILES string of the molecule is Cc1cn2c3c(=O)n(Cc4cccc(Cl)c4)c(=O)n(C)c3nc2n1CCN(C)C. The molecule has 0 radical (unpaired) electrons. The molecule has 0 aliphatic rings. The fourth-order valence-corrected chi connectivity index (χ4v) is 3.80. The summed E-state index contributed by atoms with van der Waals surface area (Å²) in [6.07, 6.45) is 1.90. The van der Waals surface area contributed by atoms with Crippen LogP contribution in [0.1, 0.15) is 11.3 Å². The van der Waals surface area contributed by atoms with E-state index in [1.165, 1.54) is 9.13 Å². The van der Waals surface area contributed by atoms with E-state index in [1.807, 2.05) is 33.3 Å². The van der Waals surface area contributed by atoms with Crippen LogP contribution in [0.4, 0.5) is 0 Å². The van der Waals surface area contributed by atoms with Gasteiger partial charge in [0.05, 0.1) is 6.54 Å². The van der Waals surface area contributed by atoms with Gasteiger partial charge in [0.1, 0.15) is 0 Å². The van der Waals surface area contributed by atoms with Crippen molar-refractivity contribution in [1.82, 2.24) is 28.0 Å². The molecular formula is C20H23ClN6O2. The third-order valence-electron chi connectivity index (χ3n) is 5.14. The van der Waals surface area contributed by atoms with Gasteiger partial charge in [0.2, 0.25) is 5.78 Å². The highest BCUT2D eigenvalue weighted by Gasteiger charge is 2.20. The van der Waals surface area contributed by atoms with E-state index < -0.39 is 5.69 Å². The van der Waals surface area contributed by atoms with Crippen molar-refractivity contribution in [2.24, 2.45) is 7.05 Å². The Morgan fingerprint density at radius 1 is 1.17 bits per heavy atom. The van der Waals surface area contributed by atoms with Crippen LogP contribution in [0.5, 0.6) is 0 Å². The Labute approximate surface area is 172 Å². The maximum absolute atomic E-state index is 13.3. The maximum Gasteiger partial charge on any atom is 0.332 e. The van der Waals surface area contributed by atoms with E-state index >= 15 is 0 Å². The van der Waals surface area contributed by atoms with Gasteiger partial charge in [-0.3, -0.25) is 18.3 Å². The molecule has 0 amide bonds. The van der Waals surface area contributed by atoms with E-state index in [4.69, 9.17) is 11.6 Å². The summed E-state index contributed by atoms with van der Waals surface area (Å²) in [6.45, 7) is 3.72. The van der Waals surface area contributed by atoms with Crippen LogP contribution in [0.25, 0.3) is 16.9 Å². The minimum Gasteiger partial charge on any atom is -0.313 e. The van der Waals surface area contributed by atoms with Gasteiger partial charge < -0.3 is 9.47 Å². The topological polar surface area (TPSA) is 69.5 Å². The van der Waals surface area contributed by atoms with E-state index in [-0.39, 0.29) is 12.1 Å². The number of rotatable bonds is 5. The average molecular weight is 415 g/mol. The van der Waals surface area contributed by atoms with Crippen molar-refractivity contribution >= 4 is 28.5 Å². The Morgan fingerprint density at radius 3 is 2.62 bits per heavy atom. The number of fused-ring (bicyclic) bond motifs is 3. The zero-order chi connectivity index (χ0) is 20.9. The molecule has 4 rings (SSSR count). The van der Waals surface area contributed by atoms with Crippen molar-refractivity contribution in [3.8, 4) is 0 Å². The Kier molecular flexibility index (Phi) is 4.84. The quantitative estimate of drug-likeness (QED) is 0.498. The average Bonchev–Trinajstić information content (AvgIpc) is 3.16. The van der Waals surface area contributed by atoms with Gasteiger partial charge in [0.15, 0.2) is 11.2 Å². The smallest absolute Gasteiger partial charge is 0.313 e. The minimum atomic E-state index is -0.403. The lowest BCUT2D eigenvalue weighted by Crippen LogP contribution is -2.39. The Morgan fingerprint density at radius 2 is 1.93 bits per heavy atom. The van der Waals surface area contributed by atoms with Crippen LogP contribution in [0.15, 0.2) is 40.1 Å². The molecule has 152 valence electrons. The predicted molar refractivity (Wildman–Crippen MR) is 114 cm³/mol. The number of hydrogen-bond acceptors (Lipinski definition) is 4. The molecule has 0 saturated carbocycles. The molecule has 0 N–H and O–H groups in total. The summed E-state index contributed by atoms with van der Waals surface area (Å²) in [7, 11) is 5.66. The minimum absolute atomic E-state index is 0.148. The van der Waals surface area contributed by atoms with Crippen molar-refractivity contribution in [3.63, 3.8) is 0 Å². The van der Waals surface area contributed by atoms with Crippen LogP contribution in [0, 0.1) is 6.92 Å². The summed E-state index contributed by atoms with van der Waals surface area (Å²) >= 11 is 6.06. The molecule has 0 aliphatic heterocycles. The number of benzene rings is 1. The molecule has 3 aromatic heterocycles. The summed E-state index contributed by atoms with van der Waals surface area (Å²) in [4.78, 5) is 32.9. The fraction of sp³-hybridized carbons (Fsp3) is 0.350. The molecule has 8 nitrogen and oxygen atoms in total. The monoisotopic (exact) mass is 414 g/mol. The van der Waals surface area contributed by atoms with Crippen LogP contribution in [-0.2, 0) is 20.1 Å². The van der Waals surface area contributed by atoms with Crippen molar-refractivity contribution < 1.29 is 0 Å². The third kappa shape index (κ3) is 3.28. The highest BCUT2D eigenvalue weighted by Crippen LogP contribution is 2.17. The summed E-state index contributed by atoms with van der Waals surface area (Å²) < 4.78 is 6.51. The molecule has 0 unspecified atom stereocenters. The molecule has 0 spiro atoms. The summed E-state index contributed by atoms with van der Waals surface area (Å²) in [5.74, 6) is 0.659. The first-order chi connectivity index (χ1) is 13.8. The standard InChI is InChI=1S/C20H23ClN6O2/c1-13-11-26-16-17(22-19(26)25(13)9-8-23(2)3)24(4)20(29)27(18(16)28)12-14-6-5-7-15(21)10-14/h5-7,10-11H,8-9,12H2,1-4H3. The number of halogens is 1. The van der Waals surface area contributed by atoms with E-state index in [2.05, 4.69) is 14.5 Å². The second-order valence-electron chi connectivity index (χ2n) is 7.54. The zero-order valence-corrected chi connectivity index (χ0v) is 17.6. The predicted octanol–water partition coefficient (Wildman–Crippen LogP) is 1.72. The van der Waals surface area contributed by atoms with Gasteiger partial charge in [-0.15, -0.1) is 0 Å². The lowest BCUT2D eigenvalue weighted by molar-refractivity contribution is 0.384. The molecule has 29 heavy (non-hydrogen) atoms. The zero-order valence-electron chi connectivity index (χ0n) is 16.9. The van der Waals surface area contributed by atoms with Gasteiger partial charge in [-0.2, -0.15) is 4.98 Å². The normalized spacial score (nSPS) is 11.9. The number of hydrogen-bond donors (Lipinski definition) is 0. The lowest BCUT2D eigenvalue weighted by Gasteiger charge is -2.11. The van der Waals surface area contributed by atoms with Gasteiger partial charge in [-0.25, -0.2) is 4.79 Å². The van der Waals surface area contributed by atoms with Crippen LogP contribution >= 0.6 is 11.6 Å². The summed E-state index contributed by atoms with van der Waals surface area (Å²) in [6, 6.07) is 7.16. The fourth-order valence-electron chi connectivity index (χ4n) is 3.59. The molecule has 0 saturated heterocycles. The summed E-state index contributed by atoms with van der Waals surface area (Å²) in [5.41, 5.74) is 1.81. The Balaban J connectivity index is 1.94. The molecule has 0 bridgehead atoms. The third-order valence-corrected chi connectivity index (χ3v) is 5.38. The Hall–Kier alpha value is -2.84. The number of nitrogens with zero attached hydrogens (tertiary/aromatic N) is 6. The molecule has 0 atom stereocenters. The highest BCUT2D eigenvalue weighted by molar-refractivity contribution is 6.30. The van der Waals surface area contributed by atoms with E-state index in [9.17, 15) is 9.59 Å². The van der Waals surface area contributed by atoms with Crippen LogP contribution in [0.2, 0.25) is 5.02 Å². The second-order valence-corrected chi connectivity index (χ2v) is 7.98. The number of likely N-dealkylation sites (N-methyl/N-ethyl adjacent to an activating group) is 1. The van der Waals surface area contributed by atoms with Crippen molar-refractivity contribution in [1.29, 1.82) is 0 Å². The number of aromatic nitrogens is 5. The molecule has 1 aromatic carbocycles. The van der Waals surface area contributed by atoms with Gasteiger partial charge in [0.25, 0.3) is 5.56 Å². The molecule has 0 aliphatic carbocycles. The molecule has 3 heterocycles. The summed E-state index contributed by atoms with van der Waals surface area (Å²) in [5, 5.41) is 0.564.